The van der Waals surface area contributed by atoms with E-state index >= 15 is 0 Å². The van der Waals surface area contributed by atoms with E-state index in [1.165, 1.54) is 19.2 Å². The van der Waals surface area contributed by atoms with E-state index in [4.69, 9.17) is 4.74 Å². The molecule has 24 heavy (non-hydrogen) atoms. The molecular weight excluding hydrogens is 375 g/mol. The zero-order valence-electron chi connectivity index (χ0n) is 12.5. The Kier molecular flexibility index (Phi) is 7.01. The van der Waals surface area contributed by atoms with Crippen molar-refractivity contribution < 1.29 is 38.9 Å². The van der Waals surface area contributed by atoms with Gasteiger partial charge < -0.3 is 8.92 Å². The first kappa shape index (κ1) is 20.7. The Labute approximate surface area is 137 Å². The maximum atomic E-state index is 12.2. The van der Waals surface area contributed by atoms with Gasteiger partial charge in [0.05, 0.1) is 12.4 Å². The van der Waals surface area contributed by atoms with Crippen LogP contribution in [0.3, 0.4) is 0 Å². The third-order valence-electron chi connectivity index (χ3n) is 2.70. The van der Waals surface area contributed by atoms with Crippen molar-refractivity contribution in [3.8, 4) is 5.75 Å². The fourth-order valence-electron chi connectivity index (χ4n) is 1.51. The third kappa shape index (κ3) is 6.63. The lowest BCUT2D eigenvalue weighted by atomic mass is 10.2. The van der Waals surface area contributed by atoms with Gasteiger partial charge in [-0.15, -0.1) is 0 Å². The van der Waals surface area contributed by atoms with Gasteiger partial charge in [0.2, 0.25) is 10.0 Å². The topological polar surface area (TPSA) is 98.8 Å². The molecule has 0 amide bonds. The maximum Gasteiger partial charge on any atom is 0.534 e. The molecule has 0 atom stereocenters. The molecule has 0 spiro atoms. The average molecular weight is 391 g/mol. The zero-order valence-corrected chi connectivity index (χ0v) is 14.2. The molecule has 0 saturated carbocycles. The first-order chi connectivity index (χ1) is 11.0. The van der Waals surface area contributed by atoms with Crippen LogP contribution in [0.2, 0.25) is 0 Å². The Morgan fingerprint density at radius 3 is 2.17 bits per heavy atom. The lowest BCUT2D eigenvalue weighted by Gasteiger charge is -2.10. The Balaban J connectivity index is 2.63. The molecule has 1 aromatic carbocycles. The number of nitrogens with one attached hydrogen (secondary N) is 1. The normalized spacial score (nSPS) is 13.0. The quantitative estimate of drug-likeness (QED) is 0.383. The molecule has 0 saturated heterocycles. The van der Waals surface area contributed by atoms with Crippen molar-refractivity contribution in [2.75, 3.05) is 26.0 Å². The molecule has 0 radical (unpaired) electrons. The smallest absolute Gasteiger partial charge is 0.383 e. The minimum Gasteiger partial charge on any atom is -0.383 e. The van der Waals surface area contributed by atoms with E-state index in [0.717, 1.165) is 12.1 Å². The van der Waals surface area contributed by atoms with Gasteiger partial charge in [0, 0.05) is 13.7 Å². The molecule has 0 unspecified atom stereocenters. The molecule has 1 aromatic rings. The number of hydrogen-bond acceptors (Lipinski definition) is 6. The van der Waals surface area contributed by atoms with Gasteiger partial charge in [0.1, 0.15) is 5.75 Å². The molecule has 0 aliphatic rings. The fourth-order valence-corrected chi connectivity index (χ4v) is 3.01. The second kappa shape index (κ2) is 8.14. The molecule has 0 aromatic heterocycles. The van der Waals surface area contributed by atoms with E-state index in [2.05, 4.69) is 8.91 Å². The minimum absolute atomic E-state index is 0.0919. The molecule has 0 aliphatic heterocycles. The van der Waals surface area contributed by atoms with Gasteiger partial charge in [0.25, 0.3) is 0 Å². The van der Waals surface area contributed by atoms with Crippen molar-refractivity contribution in [2.45, 2.75) is 11.9 Å². The SMILES string of the molecule is COCCNS(=O)(=O)CCc1ccc(OS(=O)(=O)C(F)(F)F)cc1. The van der Waals surface area contributed by atoms with Crippen molar-refractivity contribution in [1.82, 2.24) is 4.72 Å². The highest BCUT2D eigenvalue weighted by molar-refractivity contribution is 7.89. The summed E-state index contributed by atoms with van der Waals surface area (Å²) < 4.78 is 92.5. The lowest BCUT2D eigenvalue weighted by molar-refractivity contribution is -0.0500. The number of benzene rings is 1. The number of sulfonamides is 1. The Morgan fingerprint density at radius 2 is 1.67 bits per heavy atom. The number of alkyl halides is 3. The predicted octanol–water partition coefficient (Wildman–Crippen LogP) is 1.02. The average Bonchev–Trinajstić information content (AvgIpc) is 2.45. The molecule has 138 valence electrons. The summed E-state index contributed by atoms with van der Waals surface area (Å²) in [5.41, 5.74) is -5.03. The van der Waals surface area contributed by atoms with Crippen LogP contribution >= 0.6 is 0 Å². The van der Waals surface area contributed by atoms with Crippen LogP contribution in [0, 0.1) is 0 Å². The van der Waals surface area contributed by atoms with Gasteiger partial charge in [-0.05, 0) is 24.1 Å². The summed E-state index contributed by atoms with van der Waals surface area (Å²) in [7, 11) is -7.82. The molecule has 0 heterocycles. The number of methoxy groups -OCH3 is 1. The molecule has 0 fully saturated rings. The largest absolute Gasteiger partial charge is 0.534 e. The summed E-state index contributed by atoms with van der Waals surface area (Å²) in [6.07, 6.45) is 0.0919. The first-order valence-corrected chi connectivity index (χ1v) is 9.59. The van der Waals surface area contributed by atoms with Gasteiger partial charge in [-0.2, -0.15) is 21.6 Å². The highest BCUT2D eigenvalue weighted by atomic mass is 32.2. The van der Waals surface area contributed by atoms with Crippen LogP contribution in [0.4, 0.5) is 13.2 Å². The van der Waals surface area contributed by atoms with Crippen LogP contribution in [0.25, 0.3) is 0 Å². The number of halogens is 3. The summed E-state index contributed by atoms with van der Waals surface area (Å²) in [4.78, 5) is 0. The van der Waals surface area contributed by atoms with Gasteiger partial charge in [0.15, 0.2) is 0 Å². The van der Waals surface area contributed by atoms with Gasteiger partial charge in [-0.1, -0.05) is 12.1 Å². The summed E-state index contributed by atoms with van der Waals surface area (Å²) in [5, 5.41) is 0. The molecule has 0 bridgehead atoms. The monoisotopic (exact) mass is 391 g/mol. The van der Waals surface area contributed by atoms with E-state index < -0.39 is 31.4 Å². The van der Waals surface area contributed by atoms with E-state index in [1.807, 2.05) is 0 Å². The molecule has 1 rings (SSSR count). The highest BCUT2D eigenvalue weighted by Gasteiger charge is 2.48. The number of aryl methyl sites for hydroxylation is 1. The van der Waals surface area contributed by atoms with Crippen LogP contribution in [0.15, 0.2) is 24.3 Å². The third-order valence-corrected chi connectivity index (χ3v) is 5.06. The van der Waals surface area contributed by atoms with E-state index in [9.17, 15) is 30.0 Å². The Morgan fingerprint density at radius 1 is 1.08 bits per heavy atom. The van der Waals surface area contributed by atoms with Crippen LogP contribution < -0.4 is 8.91 Å². The standard InChI is InChI=1S/C12H16F3NO6S2/c1-21-8-7-16-23(17,18)9-6-10-2-4-11(5-3-10)22-24(19,20)12(13,14)15/h2-5,16H,6-9H2,1H3. The fraction of sp³-hybridized carbons (Fsp3) is 0.500. The second-order valence-electron chi connectivity index (χ2n) is 4.58. The molecule has 1 N–H and O–H groups in total. The van der Waals surface area contributed by atoms with E-state index in [0.29, 0.717) is 5.56 Å². The predicted molar refractivity (Wildman–Crippen MR) is 79.4 cm³/mol. The Bertz CT molecular complexity index is 729. The van der Waals surface area contributed by atoms with Crippen molar-refractivity contribution in [3.05, 3.63) is 29.8 Å². The van der Waals surface area contributed by atoms with E-state index in [-0.39, 0.29) is 25.3 Å². The van der Waals surface area contributed by atoms with Crippen LogP contribution in [0.5, 0.6) is 5.75 Å². The molecule has 0 aliphatic carbocycles. The summed E-state index contributed by atoms with van der Waals surface area (Å²) in [6.45, 7) is 0.347. The van der Waals surface area contributed by atoms with Crippen molar-refractivity contribution in [1.29, 1.82) is 0 Å². The summed E-state index contributed by atoms with van der Waals surface area (Å²) in [6, 6.07) is 4.60. The maximum absolute atomic E-state index is 12.2. The van der Waals surface area contributed by atoms with Crippen LogP contribution in [-0.2, 0) is 31.3 Å². The highest BCUT2D eigenvalue weighted by Crippen LogP contribution is 2.27. The summed E-state index contributed by atoms with van der Waals surface area (Å²) in [5.74, 6) is -0.755. The first-order valence-electron chi connectivity index (χ1n) is 6.53. The molecular formula is C12H16F3NO6S2. The summed E-state index contributed by atoms with van der Waals surface area (Å²) >= 11 is 0. The number of rotatable bonds is 9. The van der Waals surface area contributed by atoms with Gasteiger partial charge in [-0.3, -0.25) is 0 Å². The van der Waals surface area contributed by atoms with Crippen molar-refractivity contribution in [3.63, 3.8) is 0 Å². The molecule has 7 nitrogen and oxygen atoms in total. The Hall–Kier alpha value is -1.37. The van der Waals surface area contributed by atoms with Crippen molar-refractivity contribution in [2.24, 2.45) is 0 Å². The van der Waals surface area contributed by atoms with Crippen LogP contribution in [0.1, 0.15) is 5.56 Å². The van der Waals surface area contributed by atoms with E-state index in [1.54, 1.807) is 0 Å². The number of ether oxygens (including phenoxy) is 1. The van der Waals surface area contributed by atoms with Crippen LogP contribution in [-0.4, -0.2) is 48.4 Å². The van der Waals surface area contributed by atoms with Gasteiger partial charge in [-0.25, -0.2) is 13.1 Å². The second-order valence-corrected chi connectivity index (χ2v) is 8.05. The lowest BCUT2D eigenvalue weighted by Crippen LogP contribution is -2.30. The minimum atomic E-state index is -5.73. The zero-order chi connectivity index (χ0) is 18.4. The van der Waals surface area contributed by atoms with Gasteiger partial charge >= 0.3 is 15.6 Å². The number of hydrogen-bond donors (Lipinski definition) is 1. The van der Waals surface area contributed by atoms with Crippen molar-refractivity contribution >= 4 is 20.1 Å². The molecule has 12 heteroatoms.